The summed E-state index contributed by atoms with van der Waals surface area (Å²) in [5.74, 6) is 0. The third-order valence-corrected chi connectivity index (χ3v) is 4.34. The molecule has 0 unspecified atom stereocenters. The maximum atomic E-state index is 3.97. The van der Waals surface area contributed by atoms with Gasteiger partial charge in [0.05, 0.1) is 18.1 Å². The molecule has 90 valence electrons. The maximum Gasteiger partial charge on any atom is 0.115 e. The van der Waals surface area contributed by atoms with Gasteiger partial charge in [0.25, 0.3) is 0 Å². The van der Waals surface area contributed by atoms with Crippen molar-refractivity contribution in [1.29, 1.82) is 0 Å². The van der Waals surface area contributed by atoms with Gasteiger partial charge in [0.1, 0.15) is 6.33 Å². The molecule has 0 aliphatic carbocycles. The number of hydrogen-bond acceptors (Lipinski definition) is 5. The molecule has 0 atom stereocenters. The molecule has 0 amide bonds. The minimum absolute atomic E-state index is 0.809. The van der Waals surface area contributed by atoms with E-state index in [1.165, 1.54) is 21.6 Å². The molecule has 0 fully saturated rings. The van der Waals surface area contributed by atoms with E-state index in [2.05, 4.69) is 44.2 Å². The van der Waals surface area contributed by atoms with Gasteiger partial charge in [0.15, 0.2) is 0 Å². The number of anilines is 1. The van der Waals surface area contributed by atoms with Crippen LogP contribution in [-0.2, 0) is 6.54 Å². The molecule has 3 heterocycles. The molecule has 3 rings (SSSR count). The fourth-order valence-corrected chi connectivity index (χ4v) is 3.24. The molecule has 3 nitrogen and oxygen atoms in total. The lowest BCUT2D eigenvalue weighted by atomic mass is 10.2. The zero-order valence-electron chi connectivity index (χ0n) is 9.54. The van der Waals surface area contributed by atoms with E-state index in [4.69, 9.17) is 0 Å². The Morgan fingerprint density at radius 2 is 2.06 bits per heavy atom. The van der Waals surface area contributed by atoms with Crippen molar-refractivity contribution in [2.24, 2.45) is 0 Å². The average molecular weight is 273 g/mol. The van der Waals surface area contributed by atoms with Gasteiger partial charge >= 0.3 is 0 Å². The van der Waals surface area contributed by atoms with Crippen LogP contribution in [0.15, 0.2) is 47.7 Å². The quantitative estimate of drug-likeness (QED) is 0.784. The second-order valence-corrected chi connectivity index (χ2v) is 5.70. The monoisotopic (exact) mass is 273 g/mol. The molecule has 0 spiro atoms. The van der Waals surface area contributed by atoms with Gasteiger partial charge in [-0.2, -0.15) is 0 Å². The van der Waals surface area contributed by atoms with Crippen molar-refractivity contribution in [2.45, 2.75) is 6.54 Å². The van der Waals surface area contributed by atoms with Crippen molar-refractivity contribution in [3.8, 4) is 10.4 Å². The lowest BCUT2D eigenvalue weighted by Gasteiger charge is -2.02. The predicted molar refractivity (Wildman–Crippen MR) is 77.0 cm³/mol. The Hall–Kier alpha value is -1.72. The summed E-state index contributed by atoms with van der Waals surface area (Å²) in [6.07, 6.45) is 5.09. The molecule has 0 aromatic carbocycles. The third kappa shape index (κ3) is 2.57. The summed E-state index contributed by atoms with van der Waals surface area (Å²) in [5, 5.41) is 7.61. The minimum atomic E-state index is 0.809. The molecule has 5 heteroatoms. The van der Waals surface area contributed by atoms with Crippen molar-refractivity contribution >= 4 is 28.4 Å². The Bertz CT molecular complexity index is 602. The summed E-state index contributed by atoms with van der Waals surface area (Å²) < 4.78 is 0. The molecular formula is C13H11N3S2. The van der Waals surface area contributed by atoms with E-state index >= 15 is 0 Å². The van der Waals surface area contributed by atoms with Crippen LogP contribution in [0.25, 0.3) is 10.4 Å². The molecular weight excluding hydrogens is 262 g/mol. The molecule has 3 aromatic rings. The number of rotatable bonds is 4. The Morgan fingerprint density at radius 1 is 1.17 bits per heavy atom. The fourth-order valence-electron chi connectivity index (χ4n) is 1.62. The first-order chi connectivity index (χ1) is 8.92. The van der Waals surface area contributed by atoms with Crippen LogP contribution in [0.4, 0.5) is 5.69 Å². The Balaban J connectivity index is 1.68. The van der Waals surface area contributed by atoms with E-state index < -0.39 is 0 Å². The Kier molecular flexibility index (Phi) is 3.34. The van der Waals surface area contributed by atoms with Crippen LogP contribution in [0, 0.1) is 0 Å². The normalized spacial score (nSPS) is 10.4. The number of nitrogens with one attached hydrogen (secondary N) is 1. The van der Waals surface area contributed by atoms with E-state index in [0.29, 0.717) is 0 Å². The lowest BCUT2D eigenvalue weighted by Crippen LogP contribution is -1.97. The van der Waals surface area contributed by atoms with Gasteiger partial charge in [0, 0.05) is 21.9 Å². The number of hydrogen-bond donors (Lipinski definition) is 1. The second-order valence-electron chi connectivity index (χ2n) is 3.76. The molecule has 0 saturated carbocycles. The lowest BCUT2D eigenvalue weighted by molar-refractivity contribution is 1.12. The van der Waals surface area contributed by atoms with E-state index in [0.717, 1.165) is 12.2 Å². The van der Waals surface area contributed by atoms with Crippen LogP contribution in [0.3, 0.4) is 0 Å². The summed E-state index contributed by atoms with van der Waals surface area (Å²) in [6, 6.07) is 6.46. The van der Waals surface area contributed by atoms with E-state index in [1.807, 2.05) is 0 Å². The first kappa shape index (κ1) is 11.4. The SMILES string of the molecule is c1csc(-c2csc(CNc3cncnc3)c2)c1. The zero-order valence-corrected chi connectivity index (χ0v) is 11.2. The topological polar surface area (TPSA) is 37.8 Å². The number of thiophene rings is 2. The van der Waals surface area contributed by atoms with Crippen LogP contribution < -0.4 is 5.32 Å². The molecule has 0 aliphatic rings. The summed E-state index contributed by atoms with van der Waals surface area (Å²) in [4.78, 5) is 10.6. The smallest absolute Gasteiger partial charge is 0.115 e. The average Bonchev–Trinajstić information content (AvgIpc) is 3.08. The van der Waals surface area contributed by atoms with E-state index in [-0.39, 0.29) is 0 Å². The molecule has 0 radical (unpaired) electrons. The number of aromatic nitrogens is 2. The summed E-state index contributed by atoms with van der Waals surface area (Å²) in [6.45, 7) is 0.809. The predicted octanol–water partition coefficient (Wildman–Crippen LogP) is 3.88. The minimum Gasteiger partial charge on any atom is -0.378 e. The van der Waals surface area contributed by atoms with Crippen molar-refractivity contribution in [3.63, 3.8) is 0 Å². The van der Waals surface area contributed by atoms with Gasteiger partial charge in [-0.25, -0.2) is 9.97 Å². The Morgan fingerprint density at radius 3 is 2.83 bits per heavy atom. The molecule has 18 heavy (non-hydrogen) atoms. The standard InChI is InChI=1S/C13H11N3S2/c1-2-13(17-3-1)10-4-12(18-8-10)7-16-11-5-14-9-15-6-11/h1-6,8-9,16H,7H2. The van der Waals surface area contributed by atoms with Gasteiger partial charge < -0.3 is 5.32 Å². The molecule has 0 aliphatic heterocycles. The molecule has 0 bridgehead atoms. The van der Waals surface area contributed by atoms with Crippen LogP contribution in [0.2, 0.25) is 0 Å². The molecule has 3 aromatic heterocycles. The van der Waals surface area contributed by atoms with Crippen LogP contribution in [0.5, 0.6) is 0 Å². The van der Waals surface area contributed by atoms with Gasteiger partial charge in [-0.3, -0.25) is 0 Å². The highest BCUT2D eigenvalue weighted by atomic mass is 32.1. The fraction of sp³-hybridized carbons (Fsp3) is 0.0769. The van der Waals surface area contributed by atoms with Gasteiger partial charge in [-0.15, -0.1) is 22.7 Å². The largest absolute Gasteiger partial charge is 0.378 e. The zero-order chi connectivity index (χ0) is 12.2. The maximum absolute atomic E-state index is 3.97. The first-order valence-corrected chi connectivity index (χ1v) is 7.28. The first-order valence-electron chi connectivity index (χ1n) is 5.52. The van der Waals surface area contributed by atoms with Crippen molar-refractivity contribution < 1.29 is 0 Å². The highest BCUT2D eigenvalue weighted by Gasteiger charge is 2.03. The van der Waals surface area contributed by atoms with E-state index in [9.17, 15) is 0 Å². The van der Waals surface area contributed by atoms with E-state index in [1.54, 1.807) is 35.1 Å². The second kappa shape index (κ2) is 5.29. The third-order valence-electron chi connectivity index (χ3n) is 2.49. The summed E-state index contributed by atoms with van der Waals surface area (Å²) in [7, 11) is 0. The van der Waals surface area contributed by atoms with Gasteiger partial charge in [0.2, 0.25) is 0 Å². The molecule has 0 saturated heterocycles. The van der Waals surface area contributed by atoms with Crippen LogP contribution in [0.1, 0.15) is 4.88 Å². The summed E-state index contributed by atoms with van der Waals surface area (Å²) >= 11 is 3.54. The van der Waals surface area contributed by atoms with Crippen molar-refractivity contribution in [3.05, 3.63) is 52.6 Å². The van der Waals surface area contributed by atoms with Crippen molar-refractivity contribution in [1.82, 2.24) is 9.97 Å². The Labute approximate surface area is 113 Å². The molecule has 1 N–H and O–H groups in total. The van der Waals surface area contributed by atoms with Gasteiger partial charge in [-0.1, -0.05) is 6.07 Å². The van der Waals surface area contributed by atoms with Crippen molar-refractivity contribution in [2.75, 3.05) is 5.32 Å². The number of nitrogens with zero attached hydrogens (tertiary/aromatic N) is 2. The summed E-state index contributed by atoms with van der Waals surface area (Å²) in [5.41, 5.74) is 2.25. The van der Waals surface area contributed by atoms with Crippen LogP contribution >= 0.6 is 22.7 Å². The highest BCUT2D eigenvalue weighted by Crippen LogP contribution is 2.29. The van der Waals surface area contributed by atoms with Crippen LogP contribution in [-0.4, -0.2) is 9.97 Å². The van der Waals surface area contributed by atoms with Gasteiger partial charge in [-0.05, 0) is 22.9 Å². The highest BCUT2D eigenvalue weighted by molar-refractivity contribution is 7.14.